The van der Waals surface area contributed by atoms with E-state index in [1.165, 1.54) is 4.90 Å². The number of nitrogens with zero attached hydrogens (tertiary/aromatic N) is 1. The van der Waals surface area contributed by atoms with E-state index in [9.17, 15) is 19.2 Å². The van der Waals surface area contributed by atoms with E-state index in [2.05, 4.69) is 26.3 Å². The number of alkyl carbamates (subject to hydrolysis) is 1. The minimum atomic E-state index is -1.02. The van der Waals surface area contributed by atoms with Crippen molar-refractivity contribution in [2.75, 3.05) is 23.7 Å². The number of carbonyl (C=O) groups is 4. The van der Waals surface area contributed by atoms with Crippen molar-refractivity contribution in [1.29, 1.82) is 0 Å². The number of hydrogen-bond donors (Lipinski definition) is 5. The van der Waals surface area contributed by atoms with Gasteiger partial charge in [0, 0.05) is 34.4 Å². The molecule has 250 valence electrons. The van der Waals surface area contributed by atoms with Crippen molar-refractivity contribution in [1.82, 2.24) is 20.5 Å². The van der Waals surface area contributed by atoms with Crippen LogP contribution in [0.25, 0.3) is 22.2 Å². The van der Waals surface area contributed by atoms with Crippen molar-refractivity contribution in [3.05, 3.63) is 84.2 Å². The number of hydrogen-bond acceptors (Lipinski definition) is 6. The fraction of sp³-hybridized carbons (Fsp3) is 0.333. The highest BCUT2D eigenvalue weighted by Gasteiger charge is 2.38. The van der Waals surface area contributed by atoms with Crippen LogP contribution in [0.2, 0.25) is 0 Å². The van der Waals surface area contributed by atoms with Gasteiger partial charge in [0.1, 0.15) is 12.1 Å². The molecule has 0 aliphatic carbocycles. The molecule has 11 nitrogen and oxygen atoms in total. The Kier molecular flexibility index (Phi) is 9.72. The summed E-state index contributed by atoms with van der Waals surface area (Å²) >= 11 is 0. The molecule has 48 heavy (non-hydrogen) atoms. The third-order valence-corrected chi connectivity index (χ3v) is 8.64. The maximum absolute atomic E-state index is 15.6. The Balaban J connectivity index is 1.13. The van der Waals surface area contributed by atoms with Crippen LogP contribution in [0.1, 0.15) is 51.1 Å². The van der Waals surface area contributed by atoms with Crippen molar-refractivity contribution in [3.63, 3.8) is 0 Å². The maximum Gasteiger partial charge on any atom is 0.408 e. The molecule has 0 unspecified atom stereocenters. The molecular formula is C36H39FN6O5. The first kappa shape index (κ1) is 32.7. The first-order valence-electron chi connectivity index (χ1n) is 16.3. The van der Waals surface area contributed by atoms with E-state index >= 15 is 4.39 Å². The van der Waals surface area contributed by atoms with Gasteiger partial charge in [-0.25, -0.2) is 9.18 Å². The van der Waals surface area contributed by atoms with Gasteiger partial charge in [0.05, 0.1) is 17.8 Å². The van der Waals surface area contributed by atoms with Gasteiger partial charge in [-0.1, -0.05) is 42.5 Å². The quantitative estimate of drug-likeness (QED) is 0.162. The van der Waals surface area contributed by atoms with Crippen LogP contribution in [0.3, 0.4) is 0 Å². The molecule has 4 aromatic rings. The number of rotatable bonds is 9. The molecule has 2 aliphatic heterocycles. The van der Waals surface area contributed by atoms with Crippen molar-refractivity contribution in [2.45, 2.75) is 63.8 Å². The zero-order valence-corrected chi connectivity index (χ0v) is 26.8. The average molecular weight is 655 g/mol. The molecule has 5 N–H and O–H groups in total. The zero-order valence-electron chi connectivity index (χ0n) is 26.8. The lowest BCUT2D eigenvalue weighted by molar-refractivity contribution is -0.138. The maximum atomic E-state index is 15.6. The zero-order chi connectivity index (χ0) is 33.8. The summed E-state index contributed by atoms with van der Waals surface area (Å²) in [6.45, 7) is 4.61. The van der Waals surface area contributed by atoms with Gasteiger partial charge in [0.15, 0.2) is 5.82 Å². The molecule has 1 aromatic heterocycles. The summed E-state index contributed by atoms with van der Waals surface area (Å²) in [7, 11) is 0. The van der Waals surface area contributed by atoms with Crippen molar-refractivity contribution >= 4 is 46.1 Å². The standard InChI is InChI=1S/C36H39FN6O5/c1-21(2)48-36(47)42-32(22-8-4-3-5-9-22)35(46)43-19-7-11-29(43)34(45)39-24-14-12-23(13-15-24)31-30(37)26-20-25(16-17-27(26)41-31)40-33(44)28-10-6-18-38-28/h3-5,8-9,12-17,20-21,28-29,32,38,41H,6-7,10-11,18-19H2,1-2H3,(H,39,45)(H,40,44)(H,42,47)/t28-,29-,32+/m0/s1. The lowest BCUT2D eigenvalue weighted by Gasteiger charge is -2.29. The van der Waals surface area contributed by atoms with Gasteiger partial charge < -0.3 is 35.9 Å². The highest BCUT2D eigenvalue weighted by atomic mass is 19.1. The van der Waals surface area contributed by atoms with Gasteiger partial charge >= 0.3 is 6.09 Å². The van der Waals surface area contributed by atoms with Crippen molar-refractivity contribution in [2.24, 2.45) is 0 Å². The number of anilines is 2. The second-order valence-electron chi connectivity index (χ2n) is 12.4. The predicted octanol–water partition coefficient (Wildman–Crippen LogP) is 5.47. The topological polar surface area (TPSA) is 145 Å². The second-order valence-corrected chi connectivity index (χ2v) is 12.4. The van der Waals surface area contributed by atoms with Crippen LogP contribution in [-0.4, -0.2) is 65.0 Å². The lowest BCUT2D eigenvalue weighted by Crippen LogP contribution is -2.48. The second kappa shape index (κ2) is 14.3. The highest BCUT2D eigenvalue weighted by Crippen LogP contribution is 2.32. The summed E-state index contributed by atoms with van der Waals surface area (Å²) in [5.41, 5.74) is 3.03. The van der Waals surface area contributed by atoms with E-state index < -0.39 is 29.9 Å². The van der Waals surface area contributed by atoms with Crippen LogP contribution in [-0.2, 0) is 19.1 Å². The smallest absolute Gasteiger partial charge is 0.408 e. The molecule has 3 heterocycles. The van der Waals surface area contributed by atoms with Crippen LogP contribution in [0.15, 0.2) is 72.8 Å². The Hall–Kier alpha value is -5.23. The third-order valence-electron chi connectivity index (χ3n) is 8.64. The number of aromatic nitrogens is 1. The molecule has 6 rings (SSSR count). The molecule has 0 spiro atoms. The van der Waals surface area contributed by atoms with Crippen LogP contribution in [0, 0.1) is 5.82 Å². The first-order chi connectivity index (χ1) is 23.2. The Morgan fingerprint density at radius 3 is 2.33 bits per heavy atom. The Morgan fingerprint density at radius 1 is 0.896 bits per heavy atom. The normalized spacial score (nSPS) is 18.1. The number of likely N-dealkylation sites (tertiary alicyclic amines) is 1. The summed E-state index contributed by atoms with van der Waals surface area (Å²) < 4.78 is 20.8. The molecule has 2 aliphatic rings. The van der Waals surface area contributed by atoms with E-state index in [0.717, 1.165) is 19.4 Å². The summed E-state index contributed by atoms with van der Waals surface area (Å²) in [5.74, 6) is -1.34. The van der Waals surface area contributed by atoms with E-state index in [0.29, 0.717) is 52.8 Å². The Labute approximate surface area is 277 Å². The SMILES string of the molecule is CC(C)OC(=O)N[C@@H](C(=O)N1CCC[C@H]1C(=O)Nc1ccc(-c2[nH]c3ccc(NC(=O)[C@@H]4CCCN4)cc3c2F)cc1)c1ccccc1. The molecule has 2 saturated heterocycles. The predicted molar refractivity (Wildman–Crippen MR) is 181 cm³/mol. The van der Waals surface area contributed by atoms with Crippen LogP contribution >= 0.6 is 0 Å². The Bertz CT molecular complexity index is 1800. The van der Waals surface area contributed by atoms with Gasteiger partial charge in [0.25, 0.3) is 5.91 Å². The molecule has 0 saturated carbocycles. The molecule has 3 aromatic carbocycles. The van der Waals surface area contributed by atoms with Gasteiger partial charge in [0.2, 0.25) is 11.8 Å². The highest BCUT2D eigenvalue weighted by molar-refractivity contribution is 6.00. The number of benzene rings is 3. The van der Waals surface area contributed by atoms with Gasteiger partial charge in [-0.15, -0.1) is 0 Å². The fourth-order valence-corrected chi connectivity index (χ4v) is 6.29. The van der Waals surface area contributed by atoms with E-state index in [-0.39, 0.29) is 29.7 Å². The molecule has 2 fully saturated rings. The largest absolute Gasteiger partial charge is 0.447 e. The summed E-state index contributed by atoms with van der Waals surface area (Å²) in [4.78, 5) is 56.9. The first-order valence-corrected chi connectivity index (χ1v) is 16.3. The van der Waals surface area contributed by atoms with Gasteiger partial charge in [-0.05, 0) is 82.0 Å². The summed E-state index contributed by atoms with van der Waals surface area (Å²) in [5, 5.41) is 11.9. The summed E-state index contributed by atoms with van der Waals surface area (Å²) in [6.07, 6.45) is 1.72. The van der Waals surface area contributed by atoms with Gasteiger partial charge in [-0.3, -0.25) is 14.4 Å². The van der Waals surface area contributed by atoms with E-state index in [1.54, 1.807) is 80.6 Å². The number of nitrogens with one attached hydrogen (secondary N) is 5. The molecule has 12 heteroatoms. The van der Waals surface area contributed by atoms with E-state index in [1.807, 2.05) is 6.07 Å². The number of carbonyl (C=O) groups excluding carboxylic acids is 4. The van der Waals surface area contributed by atoms with Crippen LogP contribution < -0.4 is 21.3 Å². The number of fused-ring (bicyclic) bond motifs is 1. The van der Waals surface area contributed by atoms with Gasteiger partial charge in [-0.2, -0.15) is 0 Å². The molecule has 4 amide bonds. The molecular weight excluding hydrogens is 615 g/mol. The van der Waals surface area contributed by atoms with E-state index in [4.69, 9.17) is 4.74 Å². The lowest BCUT2D eigenvalue weighted by atomic mass is 10.0. The number of amides is 4. The molecule has 3 atom stereocenters. The fourth-order valence-electron chi connectivity index (χ4n) is 6.29. The minimum Gasteiger partial charge on any atom is -0.447 e. The van der Waals surface area contributed by atoms with Crippen molar-refractivity contribution < 1.29 is 28.3 Å². The third kappa shape index (κ3) is 7.18. The molecule has 0 radical (unpaired) electrons. The number of ether oxygens (including phenoxy) is 1. The minimum absolute atomic E-state index is 0.134. The number of aromatic amines is 1. The average Bonchev–Trinajstić information content (AvgIpc) is 3.85. The Morgan fingerprint density at radius 2 is 1.62 bits per heavy atom. The summed E-state index contributed by atoms with van der Waals surface area (Å²) in [6, 6.07) is 18.7. The van der Waals surface area contributed by atoms with Crippen molar-refractivity contribution in [3.8, 4) is 11.3 Å². The van der Waals surface area contributed by atoms with Crippen LogP contribution in [0.5, 0.6) is 0 Å². The molecule has 0 bridgehead atoms. The number of H-pyrrole nitrogens is 1. The number of halogens is 1. The monoisotopic (exact) mass is 654 g/mol. The van der Waals surface area contributed by atoms with Crippen LogP contribution in [0.4, 0.5) is 20.6 Å².